The van der Waals surface area contributed by atoms with Gasteiger partial charge in [0.1, 0.15) is 6.54 Å². The first-order valence-electron chi connectivity index (χ1n) is 2.79. The topological polar surface area (TPSA) is 62.3 Å². The highest BCUT2D eigenvalue weighted by atomic mass is 16.3. The van der Waals surface area contributed by atoms with Crippen molar-refractivity contribution in [3.63, 3.8) is 0 Å². The van der Waals surface area contributed by atoms with E-state index in [1.807, 2.05) is 0 Å². The molecule has 1 rings (SSSR count). The Kier molecular flexibility index (Phi) is 1.94. The molecule has 0 amide bonds. The van der Waals surface area contributed by atoms with Crippen molar-refractivity contribution in [1.29, 1.82) is 0 Å². The summed E-state index contributed by atoms with van der Waals surface area (Å²) in [6.07, 6.45) is 1.49. The molecule has 0 atom stereocenters. The molecule has 0 fully saturated rings. The minimum absolute atomic E-state index is 0.0594. The average molecular weight is 138 g/mol. The number of aromatic amines is 1. The van der Waals surface area contributed by atoms with Gasteiger partial charge in [0.15, 0.2) is 0 Å². The molecule has 0 aliphatic carbocycles. The van der Waals surface area contributed by atoms with Crippen molar-refractivity contribution in [3.8, 4) is 0 Å². The van der Waals surface area contributed by atoms with Gasteiger partial charge in [-0.2, -0.15) is 4.91 Å². The van der Waals surface area contributed by atoms with Crippen LogP contribution in [0.5, 0.6) is 0 Å². The lowest BCUT2D eigenvalue weighted by atomic mass is 10.3. The molecule has 4 heteroatoms. The number of rotatable bonds is 2. The molecule has 10 heavy (non-hydrogen) atoms. The van der Waals surface area contributed by atoms with E-state index in [1.54, 1.807) is 6.07 Å². The summed E-state index contributed by atoms with van der Waals surface area (Å²) in [4.78, 5) is 22.7. The molecule has 0 aliphatic heterocycles. The van der Waals surface area contributed by atoms with Crippen molar-refractivity contribution < 1.29 is 0 Å². The van der Waals surface area contributed by atoms with Crippen LogP contribution < -0.4 is 5.56 Å². The summed E-state index contributed by atoms with van der Waals surface area (Å²) in [5.74, 6) is 0. The summed E-state index contributed by atoms with van der Waals surface area (Å²) in [6, 6.07) is 2.99. The van der Waals surface area contributed by atoms with E-state index < -0.39 is 0 Å². The molecule has 0 saturated carbocycles. The Hall–Kier alpha value is -1.45. The van der Waals surface area contributed by atoms with Gasteiger partial charge in [0.05, 0.1) is 0 Å². The summed E-state index contributed by atoms with van der Waals surface area (Å²) >= 11 is 0. The number of aromatic nitrogens is 1. The first kappa shape index (κ1) is 6.67. The van der Waals surface area contributed by atoms with E-state index in [1.165, 1.54) is 12.3 Å². The number of nitrogens with zero attached hydrogens (tertiary/aromatic N) is 1. The predicted octanol–water partition coefficient (Wildman–Crippen LogP) is 0.641. The first-order valence-corrected chi connectivity index (χ1v) is 2.79. The van der Waals surface area contributed by atoms with Crippen molar-refractivity contribution in [1.82, 2.24) is 4.98 Å². The zero-order chi connectivity index (χ0) is 7.40. The molecule has 0 saturated heterocycles. The zero-order valence-electron chi connectivity index (χ0n) is 5.20. The van der Waals surface area contributed by atoms with E-state index in [2.05, 4.69) is 10.2 Å². The fourth-order valence-corrected chi connectivity index (χ4v) is 0.662. The fraction of sp³-hybridized carbons (Fsp3) is 0.167. The molecule has 0 aliphatic rings. The maximum atomic E-state index is 10.6. The third kappa shape index (κ3) is 1.51. The Morgan fingerprint density at radius 3 is 3.00 bits per heavy atom. The van der Waals surface area contributed by atoms with E-state index in [9.17, 15) is 9.70 Å². The van der Waals surface area contributed by atoms with Crippen LogP contribution in [0.15, 0.2) is 28.3 Å². The highest BCUT2D eigenvalue weighted by Gasteiger charge is 1.90. The smallest absolute Gasteiger partial charge is 0.248 e. The van der Waals surface area contributed by atoms with Gasteiger partial charge in [0.2, 0.25) is 5.56 Å². The SMILES string of the molecule is O=NCc1cc[nH]c(=O)c1. The Morgan fingerprint density at radius 2 is 2.40 bits per heavy atom. The molecule has 0 unspecified atom stereocenters. The number of nitroso groups, excluding NO2 is 1. The van der Waals surface area contributed by atoms with Crippen molar-refractivity contribution in [3.05, 3.63) is 39.2 Å². The van der Waals surface area contributed by atoms with Gasteiger partial charge in [-0.25, -0.2) is 0 Å². The van der Waals surface area contributed by atoms with E-state index >= 15 is 0 Å². The van der Waals surface area contributed by atoms with Crippen LogP contribution in [0.25, 0.3) is 0 Å². The maximum Gasteiger partial charge on any atom is 0.248 e. The van der Waals surface area contributed by atoms with Crippen molar-refractivity contribution in [2.75, 3.05) is 0 Å². The summed E-state index contributed by atoms with van der Waals surface area (Å²) < 4.78 is 0. The average Bonchev–Trinajstić information content (AvgIpc) is 1.88. The van der Waals surface area contributed by atoms with Gasteiger partial charge in [-0.3, -0.25) is 4.79 Å². The van der Waals surface area contributed by atoms with E-state index in [-0.39, 0.29) is 12.1 Å². The highest BCUT2D eigenvalue weighted by molar-refractivity contribution is 5.09. The van der Waals surface area contributed by atoms with Gasteiger partial charge in [-0.1, -0.05) is 5.18 Å². The van der Waals surface area contributed by atoms with Crippen molar-refractivity contribution in [2.24, 2.45) is 5.18 Å². The van der Waals surface area contributed by atoms with Gasteiger partial charge < -0.3 is 4.98 Å². The van der Waals surface area contributed by atoms with Gasteiger partial charge in [-0.05, 0) is 11.6 Å². The number of hydrogen-bond donors (Lipinski definition) is 1. The molecule has 4 nitrogen and oxygen atoms in total. The van der Waals surface area contributed by atoms with Crippen LogP contribution in [0.4, 0.5) is 0 Å². The third-order valence-corrected chi connectivity index (χ3v) is 1.09. The molecule has 52 valence electrons. The van der Waals surface area contributed by atoms with Gasteiger partial charge in [0, 0.05) is 12.3 Å². The van der Waals surface area contributed by atoms with Crippen LogP contribution >= 0.6 is 0 Å². The molecule has 1 heterocycles. The number of pyridine rings is 1. The minimum atomic E-state index is -0.207. The van der Waals surface area contributed by atoms with Gasteiger partial charge in [-0.15, -0.1) is 0 Å². The van der Waals surface area contributed by atoms with E-state index in [4.69, 9.17) is 0 Å². The Morgan fingerprint density at radius 1 is 1.60 bits per heavy atom. The first-order chi connectivity index (χ1) is 4.83. The second-order valence-electron chi connectivity index (χ2n) is 1.85. The molecule has 0 bridgehead atoms. The summed E-state index contributed by atoms with van der Waals surface area (Å²) in [6.45, 7) is 0.0594. The Labute approximate surface area is 56.9 Å². The van der Waals surface area contributed by atoms with Crippen LogP contribution in [0.2, 0.25) is 0 Å². The van der Waals surface area contributed by atoms with Crippen LogP contribution in [-0.2, 0) is 6.54 Å². The van der Waals surface area contributed by atoms with E-state index in [0.29, 0.717) is 5.56 Å². The minimum Gasteiger partial charge on any atom is -0.329 e. The molecule has 1 aromatic heterocycles. The van der Waals surface area contributed by atoms with Crippen LogP contribution in [0.1, 0.15) is 5.56 Å². The summed E-state index contributed by atoms with van der Waals surface area (Å²) in [5, 5.41) is 2.64. The van der Waals surface area contributed by atoms with Crippen LogP contribution in [-0.4, -0.2) is 4.98 Å². The molecule has 0 radical (unpaired) electrons. The zero-order valence-corrected chi connectivity index (χ0v) is 5.20. The lowest BCUT2D eigenvalue weighted by Gasteiger charge is -1.88. The molecule has 1 aromatic rings. The van der Waals surface area contributed by atoms with Gasteiger partial charge >= 0.3 is 0 Å². The largest absolute Gasteiger partial charge is 0.329 e. The second-order valence-corrected chi connectivity index (χ2v) is 1.85. The van der Waals surface area contributed by atoms with Gasteiger partial charge in [0.25, 0.3) is 0 Å². The number of nitrogens with one attached hydrogen (secondary N) is 1. The highest BCUT2D eigenvalue weighted by Crippen LogP contribution is 1.93. The molecular weight excluding hydrogens is 132 g/mol. The van der Waals surface area contributed by atoms with Crippen LogP contribution in [0, 0.1) is 4.91 Å². The Bertz CT molecular complexity index is 279. The third-order valence-electron chi connectivity index (χ3n) is 1.09. The lowest BCUT2D eigenvalue weighted by molar-refractivity contribution is 1.03. The molecule has 0 spiro atoms. The van der Waals surface area contributed by atoms with Crippen molar-refractivity contribution in [2.45, 2.75) is 6.54 Å². The molecule has 0 aromatic carbocycles. The summed E-state index contributed by atoms with van der Waals surface area (Å²) in [5.41, 5.74) is 0.430. The van der Waals surface area contributed by atoms with Crippen LogP contribution in [0.3, 0.4) is 0 Å². The maximum absolute atomic E-state index is 10.6. The van der Waals surface area contributed by atoms with Crippen molar-refractivity contribution >= 4 is 0 Å². The number of H-pyrrole nitrogens is 1. The summed E-state index contributed by atoms with van der Waals surface area (Å²) in [7, 11) is 0. The lowest BCUT2D eigenvalue weighted by Crippen LogP contribution is -2.03. The predicted molar refractivity (Wildman–Crippen MR) is 36.6 cm³/mol. The standard InChI is InChI=1S/C6H6N2O2/c9-6-3-5(4-8-10)1-2-7-6/h1-3H,4H2,(H,7,9). The Balaban J connectivity index is 2.95. The monoisotopic (exact) mass is 138 g/mol. The quantitative estimate of drug-likeness (QED) is 0.609. The molecule has 1 N–H and O–H groups in total. The van der Waals surface area contributed by atoms with E-state index in [0.717, 1.165) is 0 Å². The number of hydrogen-bond acceptors (Lipinski definition) is 3. The normalized spacial score (nSPS) is 9.20. The second kappa shape index (κ2) is 2.91. The fourth-order valence-electron chi connectivity index (χ4n) is 0.662. The molecular formula is C6H6N2O2.